The summed E-state index contributed by atoms with van der Waals surface area (Å²) in [4.78, 5) is 39.0. The molecule has 4 amide bonds. The lowest BCUT2D eigenvalue weighted by molar-refractivity contribution is -0.122. The first kappa shape index (κ1) is 27.1. The van der Waals surface area contributed by atoms with Gasteiger partial charge in [0.25, 0.3) is 11.8 Å². The Labute approximate surface area is 232 Å². The number of carbonyl (C=O) groups is 3. The molecule has 1 N–H and O–H groups in total. The van der Waals surface area contributed by atoms with Crippen molar-refractivity contribution in [3.63, 3.8) is 0 Å². The SMILES string of the molecule is COc1ccc(N2C(=O)NC(=O)/C(=C\c3cc(I)c(OS(=O)(=O)c4ccc(C)cc4)c(OC)c3)C2=O)cc1. The number of hydrogen-bond donors (Lipinski definition) is 1. The van der Waals surface area contributed by atoms with Gasteiger partial charge in [-0.15, -0.1) is 0 Å². The van der Waals surface area contributed by atoms with E-state index in [0.717, 1.165) is 10.5 Å². The lowest BCUT2D eigenvalue weighted by Crippen LogP contribution is -2.54. The summed E-state index contributed by atoms with van der Waals surface area (Å²) in [6, 6.07) is 14.4. The van der Waals surface area contributed by atoms with E-state index < -0.39 is 28.0 Å². The zero-order valence-electron chi connectivity index (χ0n) is 20.4. The molecule has 1 heterocycles. The van der Waals surface area contributed by atoms with Crippen LogP contribution in [0.15, 0.2) is 71.1 Å². The molecule has 0 unspecified atom stereocenters. The number of anilines is 1. The van der Waals surface area contributed by atoms with Crippen LogP contribution in [0.1, 0.15) is 11.1 Å². The van der Waals surface area contributed by atoms with Gasteiger partial charge in [-0.25, -0.2) is 9.69 Å². The average molecular weight is 648 g/mol. The van der Waals surface area contributed by atoms with Crippen molar-refractivity contribution in [3.05, 3.63) is 80.9 Å². The molecule has 196 valence electrons. The van der Waals surface area contributed by atoms with Crippen molar-refractivity contribution in [1.82, 2.24) is 5.32 Å². The Morgan fingerprint density at radius 1 is 0.921 bits per heavy atom. The second-order valence-corrected chi connectivity index (χ2v) is 10.7. The molecule has 1 aliphatic heterocycles. The third-order valence-corrected chi connectivity index (χ3v) is 7.53. The molecular formula is C26H21IN2O8S. The van der Waals surface area contributed by atoms with Crippen molar-refractivity contribution in [2.45, 2.75) is 11.8 Å². The number of amides is 4. The fraction of sp³-hybridized carbons (Fsp3) is 0.115. The minimum absolute atomic E-state index is 0.0279. The molecule has 10 nitrogen and oxygen atoms in total. The highest BCUT2D eigenvalue weighted by atomic mass is 127. The Morgan fingerprint density at radius 2 is 1.58 bits per heavy atom. The third kappa shape index (κ3) is 5.50. The van der Waals surface area contributed by atoms with E-state index in [9.17, 15) is 22.8 Å². The Bertz CT molecular complexity index is 1570. The van der Waals surface area contributed by atoms with Crippen LogP contribution < -0.4 is 23.9 Å². The van der Waals surface area contributed by atoms with Gasteiger partial charge in [-0.1, -0.05) is 17.7 Å². The molecular weight excluding hydrogens is 627 g/mol. The van der Waals surface area contributed by atoms with Crippen molar-refractivity contribution in [2.24, 2.45) is 0 Å². The molecule has 4 rings (SSSR count). The molecule has 0 atom stereocenters. The number of rotatable bonds is 7. The van der Waals surface area contributed by atoms with Gasteiger partial charge >= 0.3 is 16.1 Å². The van der Waals surface area contributed by atoms with Crippen molar-refractivity contribution >= 4 is 62.3 Å². The molecule has 1 fully saturated rings. The number of nitrogens with zero attached hydrogens (tertiary/aromatic N) is 1. The van der Waals surface area contributed by atoms with Crippen LogP contribution >= 0.6 is 22.6 Å². The van der Waals surface area contributed by atoms with Crippen LogP contribution in [0.3, 0.4) is 0 Å². The lowest BCUT2D eigenvalue weighted by Gasteiger charge is -2.26. The molecule has 0 spiro atoms. The first-order valence-corrected chi connectivity index (χ1v) is 13.5. The summed E-state index contributed by atoms with van der Waals surface area (Å²) >= 11 is 1.87. The van der Waals surface area contributed by atoms with Gasteiger partial charge in [-0.05, 0) is 89.7 Å². The quantitative estimate of drug-likeness (QED) is 0.176. The third-order valence-electron chi connectivity index (χ3n) is 5.50. The molecule has 0 bridgehead atoms. The van der Waals surface area contributed by atoms with E-state index in [2.05, 4.69) is 5.32 Å². The van der Waals surface area contributed by atoms with E-state index in [1.165, 1.54) is 56.7 Å². The average Bonchev–Trinajstić information content (AvgIpc) is 2.88. The lowest BCUT2D eigenvalue weighted by atomic mass is 10.1. The smallest absolute Gasteiger partial charge is 0.339 e. The molecule has 38 heavy (non-hydrogen) atoms. The van der Waals surface area contributed by atoms with Crippen LogP contribution in [0.5, 0.6) is 17.2 Å². The number of barbiturate groups is 1. The second-order valence-electron chi connectivity index (χ2n) is 8.04. The van der Waals surface area contributed by atoms with Crippen molar-refractivity contribution in [2.75, 3.05) is 19.1 Å². The molecule has 1 saturated heterocycles. The maximum absolute atomic E-state index is 13.2. The fourth-order valence-corrected chi connectivity index (χ4v) is 5.40. The molecule has 0 aromatic heterocycles. The van der Waals surface area contributed by atoms with Crippen LogP contribution in [0, 0.1) is 10.5 Å². The summed E-state index contributed by atoms with van der Waals surface area (Å²) < 4.78 is 41.8. The Kier molecular flexibility index (Phi) is 7.73. The maximum Gasteiger partial charge on any atom is 0.339 e. The van der Waals surface area contributed by atoms with Gasteiger partial charge in [-0.2, -0.15) is 8.42 Å². The van der Waals surface area contributed by atoms with Crippen molar-refractivity contribution < 1.29 is 36.5 Å². The number of carbonyl (C=O) groups excluding carboxylic acids is 3. The van der Waals surface area contributed by atoms with E-state index in [-0.39, 0.29) is 27.7 Å². The van der Waals surface area contributed by atoms with E-state index in [1.807, 2.05) is 29.5 Å². The molecule has 3 aromatic rings. The second kappa shape index (κ2) is 10.8. The number of halogens is 1. The summed E-state index contributed by atoms with van der Waals surface area (Å²) in [6.07, 6.45) is 1.28. The molecule has 1 aliphatic rings. The number of methoxy groups -OCH3 is 2. The summed E-state index contributed by atoms with van der Waals surface area (Å²) in [5, 5.41) is 2.16. The van der Waals surface area contributed by atoms with Gasteiger partial charge in [0, 0.05) is 0 Å². The van der Waals surface area contributed by atoms with E-state index in [4.69, 9.17) is 13.7 Å². The van der Waals surface area contributed by atoms with Gasteiger partial charge in [0.1, 0.15) is 16.2 Å². The van der Waals surface area contributed by atoms with Gasteiger partial charge in [-0.3, -0.25) is 14.9 Å². The zero-order valence-corrected chi connectivity index (χ0v) is 23.3. The van der Waals surface area contributed by atoms with Crippen LogP contribution in [0.4, 0.5) is 10.5 Å². The fourth-order valence-electron chi connectivity index (χ4n) is 3.56. The predicted molar refractivity (Wildman–Crippen MR) is 147 cm³/mol. The largest absolute Gasteiger partial charge is 0.497 e. The monoisotopic (exact) mass is 648 g/mol. The molecule has 0 saturated carbocycles. The van der Waals surface area contributed by atoms with E-state index in [1.54, 1.807) is 24.3 Å². The highest BCUT2D eigenvalue weighted by molar-refractivity contribution is 14.1. The van der Waals surface area contributed by atoms with Gasteiger partial charge in [0.2, 0.25) is 0 Å². The topological polar surface area (TPSA) is 128 Å². The number of hydrogen-bond acceptors (Lipinski definition) is 8. The number of urea groups is 1. The number of nitrogens with one attached hydrogen (secondary N) is 1. The van der Waals surface area contributed by atoms with Crippen LogP contribution in [0.25, 0.3) is 6.08 Å². The Balaban J connectivity index is 1.68. The van der Waals surface area contributed by atoms with Crippen LogP contribution in [-0.2, 0) is 19.7 Å². The first-order valence-electron chi connectivity index (χ1n) is 11.0. The minimum atomic E-state index is -4.16. The summed E-state index contributed by atoms with van der Waals surface area (Å²) in [6.45, 7) is 1.83. The highest BCUT2D eigenvalue weighted by Crippen LogP contribution is 2.37. The Hall–Kier alpha value is -3.91. The standard InChI is InChI=1S/C26H21IN2O8S/c1-15-4-10-19(11-5-15)38(33,34)37-23-21(27)13-16(14-22(23)36-3)12-20-24(30)28-26(32)29(25(20)31)17-6-8-18(35-2)9-7-17/h4-14H,1-3H3,(H,28,30,32)/b20-12+. The number of benzene rings is 3. The zero-order chi connectivity index (χ0) is 27.6. The number of imide groups is 2. The van der Waals surface area contributed by atoms with Gasteiger partial charge in [0.05, 0.1) is 23.5 Å². The summed E-state index contributed by atoms with van der Waals surface area (Å²) in [7, 11) is -1.35. The molecule has 0 radical (unpaired) electrons. The van der Waals surface area contributed by atoms with Gasteiger partial charge in [0.15, 0.2) is 11.5 Å². The normalized spacial score (nSPS) is 14.9. The molecule has 0 aliphatic carbocycles. The van der Waals surface area contributed by atoms with Crippen LogP contribution in [0.2, 0.25) is 0 Å². The highest BCUT2D eigenvalue weighted by Gasteiger charge is 2.37. The van der Waals surface area contributed by atoms with Crippen molar-refractivity contribution in [3.8, 4) is 17.2 Å². The summed E-state index contributed by atoms with van der Waals surface area (Å²) in [5.41, 5.74) is 1.17. The summed E-state index contributed by atoms with van der Waals surface area (Å²) in [5.74, 6) is -1.17. The molecule has 3 aromatic carbocycles. The van der Waals surface area contributed by atoms with E-state index in [0.29, 0.717) is 14.9 Å². The number of ether oxygens (including phenoxy) is 2. The van der Waals surface area contributed by atoms with Crippen molar-refractivity contribution in [1.29, 1.82) is 0 Å². The van der Waals surface area contributed by atoms with Gasteiger partial charge < -0.3 is 13.7 Å². The van der Waals surface area contributed by atoms with Crippen LogP contribution in [-0.4, -0.2) is 40.5 Å². The Morgan fingerprint density at radius 3 is 2.18 bits per heavy atom. The predicted octanol–water partition coefficient (Wildman–Crippen LogP) is 4.05. The van der Waals surface area contributed by atoms with E-state index >= 15 is 0 Å². The maximum atomic E-state index is 13.2. The minimum Gasteiger partial charge on any atom is -0.497 e. The molecule has 12 heteroatoms. The number of aryl methyl sites for hydroxylation is 1. The first-order chi connectivity index (χ1) is 18.0.